The largest absolute Gasteiger partial charge is 0.497 e. The SMILES string of the molecule is CNCc1cc(OC)ccc1-c1ccc(OC)c(C)c1. The third kappa shape index (κ3) is 2.94. The second-order valence-electron chi connectivity index (χ2n) is 4.74. The van der Waals surface area contributed by atoms with Gasteiger partial charge in [-0.05, 0) is 60.5 Å². The molecule has 0 saturated heterocycles. The van der Waals surface area contributed by atoms with Gasteiger partial charge in [-0.1, -0.05) is 12.1 Å². The van der Waals surface area contributed by atoms with Gasteiger partial charge in [0.2, 0.25) is 0 Å². The highest BCUT2D eigenvalue weighted by atomic mass is 16.5. The lowest BCUT2D eigenvalue weighted by molar-refractivity contribution is 0.411. The summed E-state index contributed by atoms with van der Waals surface area (Å²) in [5.41, 5.74) is 4.76. The Kier molecular flexibility index (Phi) is 4.64. The minimum absolute atomic E-state index is 0.803. The molecule has 0 aliphatic carbocycles. The van der Waals surface area contributed by atoms with Gasteiger partial charge in [0, 0.05) is 6.54 Å². The monoisotopic (exact) mass is 271 g/mol. The van der Waals surface area contributed by atoms with Gasteiger partial charge < -0.3 is 14.8 Å². The van der Waals surface area contributed by atoms with Crippen LogP contribution in [0.25, 0.3) is 11.1 Å². The van der Waals surface area contributed by atoms with E-state index in [-0.39, 0.29) is 0 Å². The van der Waals surface area contributed by atoms with Crippen LogP contribution in [0.2, 0.25) is 0 Å². The van der Waals surface area contributed by atoms with Gasteiger partial charge in [0.15, 0.2) is 0 Å². The molecule has 0 saturated carbocycles. The van der Waals surface area contributed by atoms with E-state index < -0.39 is 0 Å². The van der Waals surface area contributed by atoms with Crippen molar-refractivity contribution in [3.8, 4) is 22.6 Å². The van der Waals surface area contributed by atoms with E-state index in [1.165, 1.54) is 16.7 Å². The first-order valence-electron chi connectivity index (χ1n) is 6.66. The van der Waals surface area contributed by atoms with Crippen molar-refractivity contribution in [3.05, 3.63) is 47.5 Å². The molecule has 0 unspecified atom stereocenters. The summed E-state index contributed by atoms with van der Waals surface area (Å²) in [6, 6.07) is 12.4. The molecule has 0 radical (unpaired) electrons. The summed E-state index contributed by atoms with van der Waals surface area (Å²) in [5.74, 6) is 1.79. The van der Waals surface area contributed by atoms with E-state index in [2.05, 4.69) is 36.5 Å². The maximum absolute atomic E-state index is 5.32. The second-order valence-corrected chi connectivity index (χ2v) is 4.74. The van der Waals surface area contributed by atoms with Crippen LogP contribution in [-0.2, 0) is 6.54 Å². The summed E-state index contributed by atoms with van der Waals surface area (Å²) in [6.45, 7) is 2.86. The number of methoxy groups -OCH3 is 2. The highest BCUT2D eigenvalue weighted by molar-refractivity contribution is 5.70. The maximum atomic E-state index is 5.32. The summed E-state index contributed by atoms with van der Waals surface area (Å²) in [6.07, 6.45) is 0. The first-order valence-corrected chi connectivity index (χ1v) is 6.66. The first kappa shape index (κ1) is 14.4. The smallest absolute Gasteiger partial charge is 0.121 e. The fraction of sp³-hybridized carbons (Fsp3) is 0.294. The number of hydrogen-bond donors (Lipinski definition) is 1. The molecule has 0 aromatic heterocycles. The Bertz CT molecular complexity index is 594. The molecule has 0 bridgehead atoms. The van der Waals surface area contributed by atoms with Crippen molar-refractivity contribution in [2.75, 3.05) is 21.3 Å². The van der Waals surface area contributed by atoms with Crippen molar-refractivity contribution in [2.24, 2.45) is 0 Å². The number of rotatable bonds is 5. The minimum atomic E-state index is 0.803. The van der Waals surface area contributed by atoms with E-state index in [0.29, 0.717) is 0 Å². The molecule has 0 amide bonds. The number of ether oxygens (including phenoxy) is 2. The molecule has 2 aromatic rings. The lowest BCUT2D eigenvalue weighted by Crippen LogP contribution is -2.06. The van der Waals surface area contributed by atoms with Gasteiger partial charge >= 0.3 is 0 Å². The highest BCUT2D eigenvalue weighted by Gasteiger charge is 2.08. The highest BCUT2D eigenvalue weighted by Crippen LogP contribution is 2.30. The topological polar surface area (TPSA) is 30.5 Å². The number of aryl methyl sites for hydroxylation is 1. The molecule has 1 N–H and O–H groups in total. The van der Waals surface area contributed by atoms with Crippen LogP contribution in [0.15, 0.2) is 36.4 Å². The van der Waals surface area contributed by atoms with Crippen LogP contribution in [0.5, 0.6) is 11.5 Å². The molecule has 0 atom stereocenters. The molecule has 0 aliphatic heterocycles. The van der Waals surface area contributed by atoms with Crippen molar-refractivity contribution in [1.82, 2.24) is 5.32 Å². The summed E-state index contributed by atoms with van der Waals surface area (Å²) in [5, 5.41) is 3.20. The average molecular weight is 271 g/mol. The van der Waals surface area contributed by atoms with Crippen LogP contribution < -0.4 is 14.8 Å². The zero-order valence-corrected chi connectivity index (χ0v) is 12.5. The van der Waals surface area contributed by atoms with Crippen LogP contribution in [-0.4, -0.2) is 21.3 Å². The molecule has 2 aromatic carbocycles. The predicted octanol–water partition coefficient (Wildman–Crippen LogP) is 3.40. The summed E-state index contributed by atoms with van der Waals surface area (Å²) >= 11 is 0. The van der Waals surface area contributed by atoms with Crippen molar-refractivity contribution in [3.63, 3.8) is 0 Å². The summed E-state index contributed by atoms with van der Waals surface area (Å²) in [7, 11) is 5.33. The van der Waals surface area contributed by atoms with Gasteiger partial charge in [-0.15, -0.1) is 0 Å². The predicted molar refractivity (Wildman–Crippen MR) is 82.5 cm³/mol. The quantitative estimate of drug-likeness (QED) is 0.904. The zero-order chi connectivity index (χ0) is 14.5. The molecule has 0 aliphatic rings. The van der Waals surface area contributed by atoms with Gasteiger partial charge in [0.1, 0.15) is 11.5 Å². The number of benzene rings is 2. The van der Waals surface area contributed by atoms with Crippen molar-refractivity contribution < 1.29 is 9.47 Å². The standard InChI is InChI=1S/C17H21NO2/c1-12-9-13(5-8-17(12)20-4)16-7-6-15(19-3)10-14(16)11-18-2/h5-10,18H,11H2,1-4H3. The van der Waals surface area contributed by atoms with E-state index in [0.717, 1.165) is 23.6 Å². The first-order chi connectivity index (χ1) is 9.69. The number of hydrogen-bond acceptors (Lipinski definition) is 3. The van der Waals surface area contributed by atoms with E-state index in [1.54, 1.807) is 14.2 Å². The van der Waals surface area contributed by atoms with Crippen molar-refractivity contribution in [1.29, 1.82) is 0 Å². The molecule has 0 spiro atoms. The molecular formula is C17H21NO2. The Morgan fingerprint density at radius 2 is 1.80 bits per heavy atom. The lowest BCUT2D eigenvalue weighted by Gasteiger charge is -2.13. The Morgan fingerprint density at radius 3 is 2.40 bits per heavy atom. The van der Waals surface area contributed by atoms with E-state index >= 15 is 0 Å². The Labute approximate surface area is 120 Å². The van der Waals surface area contributed by atoms with E-state index in [1.807, 2.05) is 19.2 Å². The van der Waals surface area contributed by atoms with Crippen molar-refractivity contribution in [2.45, 2.75) is 13.5 Å². The van der Waals surface area contributed by atoms with E-state index in [9.17, 15) is 0 Å². The van der Waals surface area contributed by atoms with Crippen LogP contribution in [0.3, 0.4) is 0 Å². The molecule has 0 heterocycles. The molecule has 20 heavy (non-hydrogen) atoms. The van der Waals surface area contributed by atoms with Gasteiger partial charge in [0.05, 0.1) is 14.2 Å². The fourth-order valence-electron chi connectivity index (χ4n) is 2.36. The van der Waals surface area contributed by atoms with Crippen molar-refractivity contribution >= 4 is 0 Å². The van der Waals surface area contributed by atoms with Gasteiger partial charge in [-0.3, -0.25) is 0 Å². The molecular weight excluding hydrogens is 250 g/mol. The Morgan fingerprint density at radius 1 is 1.00 bits per heavy atom. The Balaban J connectivity index is 2.48. The normalized spacial score (nSPS) is 10.4. The Hall–Kier alpha value is -2.00. The zero-order valence-electron chi connectivity index (χ0n) is 12.5. The van der Waals surface area contributed by atoms with Crippen LogP contribution in [0, 0.1) is 6.92 Å². The van der Waals surface area contributed by atoms with Gasteiger partial charge in [-0.2, -0.15) is 0 Å². The molecule has 3 nitrogen and oxygen atoms in total. The fourth-order valence-corrected chi connectivity index (χ4v) is 2.36. The van der Waals surface area contributed by atoms with E-state index in [4.69, 9.17) is 9.47 Å². The minimum Gasteiger partial charge on any atom is -0.497 e. The molecule has 106 valence electrons. The number of nitrogens with one attached hydrogen (secondary N) is 1. The van der Waals surface area contributed by atoms with Gasteiger partial charge in [-0.25, -0.2) is 0 Å². The second kappa shape index (κ2) is 6.44. The molecule has 0 fully saturated rings. The summed E-state index contributed by atoms with van der Waals surface area (Å²) < 4.78 is 10.6. The van der Waals surface area contributed by atoms with Crippen LogP contribution in [0.1, 0.15) is 11.1 Å². The average Bonchev–Trinajstić information content (AvgIpc) is 2.47. The van der Waals surface area contributed by atoms with Crippen LogP contribution >= 0.6 is 0 Å². The maximum Gasteiger partial charge on any atom is 0.121 e. The van der Waals surface area contributed by atoms with Crippen LogP contribution in [0.4, 0.5) is 0 Å². The molecule has 2 rings (SSSR count). The van der Waals surface area contributed by atoms with Gasteiger partial charge in [0.25, 0.3) is 0 Å². The third-order valence-corrected chi connectivity index (χ3v) is 3.39. The third-order valence-electron chi connectivity index (χ3n) is 3.39. The molecule has 3 heteroatoms. The summed E-state index contributed by atoms with van der Waals surface area (Å²) in [4.78, 5) is 0. The lowest BCUT2D eigenvalue weighted by atomic mass is 9.97.